The molecule has 1 aromatic carbocycles. The SMILES string of the molecule is COc1ccc(-c2nc3c(C#N)c(CC#N)nn3c(N)c2C#N)cc1. The number of anilines is 1. The number of nitrogens with zero attached hydrogens (tertiary/aromatic N) is 6. The topological polar surface area (TPSA) is 137 Å². The highest BCUT2D eigenvalue weighted by atomic mass is 16.5. The van der Waals surface area contributed by atoms with Crippen LogP contribution in [0.2, 0.25) is 0 Å². The minimum atomic E-state index is -0.0501. The molecule has 0 spiro atoms. The van der Waals surface area contributed by atoms with Gasteiger partial charge in [0.25, 0.3) is 0 Å². The van der Waals surface area contributed by atoms with Gasteiger partial charge in [0.15, 0.2) is 5.65 Å². The number of rotatable bonds is 3. The lowest BCUT2D eigenvalue weighted by Gasteiger charge is -2.08. The summed E-state index contributed by atoms with van der Waals surface area (Å²) in [6.07, 6.45) is -0.0501. The monoisotopic (exact) mass is 329 g/mol. The quantitative estimate of drug-likeness (QED) is 0.773. The molecule has 0 bridgehead atoms. The fourth-order valence-corrected chi connectivity index (χ4v) is 2.49. The maximum Gasteiger partial charge on any atom is 0.176 e. The van der Waals surface area contributed by atoms with Crippen LogP contribution in [0.4, 0.5) is 5.82 Å². The third kappa shape index (κ3) is 2.46. The van der Waals surface area contributed by atoms with Gasteiger partial charge in [-0.1, -0.05) is 0 Å². The molecule has 0 unspecified atom stereocenters. The van der Waals surface area contributed by atoms with E-state index in [0.29, 0.717) is 17.0 Å². The van der Waals surface area contributed by atoms with Crippen LogP contribution in [0.5, 0.6) is 5.75 Å². The smallest absolute Gasteiger partial charge is 0.176 e. The Labute approximate surface area is 142 Å². The molecule has 120 valence electrons. The Morgan fingerprint density at radius 3 is 2.36 bits per heavy atom. The molecule has 3 rings (SSSR count). The number of nitrogen functional groups attached to an aromatic ring is 1. The van der Waals surface area contributed by atoms with Crippen molar-refractivity contribution in [2.45, 2.75) is 6.42 Å². The van der Waals surface area contributed by atoms with E-state index in [4.69, 9.17) is 15.7 Å². The molecule has 3 aromatic rings. The molecular weight excluding hydrogens is 318 g/mol. The summed E-state index contributed by atoms with van der Waals surface area (Å²) in [6.45, 7) is 0. The Hall–Kier alpha value is -4.09. The van der Waals surface area contributed by atoms with Crippen LogP contribution < -0.4 is 10.5 Å². The number of ether oxygens (including phenoxy) is 1. The van der Waals surface area contributed by atoms with Crippen molar-refractivity contribution >= 4 is 11.5 Å². The number of nitrogens with two attached hydrogens (primary N) is 1. The van der Waals surface area contributed by atoms with E-state index in [0.717, 1.165) is 0 Å². The van der Waals surface area contributed by atoms with Crippen molar-refractivity contribution in [1.29, 1.82) is 15.8 Å². The Morgan fingerprint density at radius 1 is 1.12 bits per heavy atom. The largest absolute Gasteiger partial charge is 0.497 e. The molecule has 0 aliphatic rings. The lowest BCUT2D eigenvalue weighted by atomic mass is 10.1. The molecule has 0 amide bonds. The minimum absolute atomic E-state index is 0.0501. The second-order valence-electron chi connectivity index (χ2n) is 5.06. The third-order valence-corrected chi connectivity index (χ3v) is 3.71. The molecule has 8 heteroatoms. The van der Waals surface area contributed by atoms with Crippen molar-refractivity contribution in [3.63, 3.8) is 0 Å². The number of nitriles is 3. The van der Waals surface area contributed by atoms with Gasteiger partial charge < -0.3 is 10.5 Å². The summed E-state index contributed by atoms with van der Waals surface area (Å²) in [7, 11) is 1.56. The van der Waals surface area contributed by atoms with Crippen LogP contribution in [-0.2, 0) is 6.42 Å². The summed E-state index contributed by atoms with van der Waals surface area (Å²) in [5.74, 6) is 0.730. The summed E-state index contributed by atoms with van der Waals surface area (Å²) in [4.78, 5) is 4.43. The molecular formula is C17H11N7O. The molecule has 0 saturated carbocycles. The van der Waals surface area contributed by atoms with Crippen molar-refractivity contribution in [2.24, 2.45) is 0 Å². The Kier molecular flexibility index (Phi) is 3.91. The van der Waals surface area contributed by atoms with E-state index in [-0.39, 0.29) is 34.7 Å². The summed E-state index contributed by atoms with van der Waals surface area (Å²) < 4.78 is 6.36. The fourth-order valence-electron chi connectivity index (χ4n) is 2.49. The van der Waals surface area contributed by atoms with E-state index < -0.39 is 0 Å². The maximum atomic E-state index is 9.50. The maximum absolute atomic E-state index is 9.50. The number of aromatic nitrogens is 3. The van der Waals surface area contributed by atoms with Crippen molar-refractivity contribution in [1.82, 2.24) is 14.6 Å². The fraction of sp³-hybridized carbons (Fsp3) is 0.118. The summed E-state index contributed by atoms with van der Waals surface area (Å²) in [6, 6.07) is 13.0. The molecule has 25 heavy (non-hydrogen) atoms. The first-order valence-corrected chi connectivity index (χ1v) is 7.17. The van der Waals surface area contributed by atoms with E-state index in [1.807, 2.05) is 18.2 Å². The predicted octanol–water partition coefficient (Wildman–Crippen LogP) is 1.80. The zero-order chi connectivity index (χ0) is 18.0. The number of hydrogen-bond donors (Lipinski definition) is 1. The van der Waals surface area contributed by atoms with E-state index in [1.165, 1.54) is 4.52 Å². The summed E-state index contributed by atoms with van der Waals surface area (Å²) in [5.41, 5.74) is 7.89. The molecule has 2 aromatic heterocycles. The summed E-state index contributed by atoms with van der Waals surface area (Å²) >= 11 is 0. The van der Waals surface area contributed by atoms with Gasteiger partial charge in [-0.3, -0.25) is 0 Å². The number of hydrogen-bond acceptors (Lipinski definition) is 7. The zero-order valence-corrected chi connectivity index (χ0v) is 13.2. The molecule has 2 heterocycles. The van der Waals surface area contributed by atoms with Gasteiger partial charge in [-0.25, -0.2) is 4.98 Å². The van der Waals surface area contributed by atoms with Crippen LogP contribution in [0, 0.1) is 34.0 Å². The Morgan fingerprint density at radius 2 is 1.80 bits per heavy atom. The molecule has 0 atom stereocenters. The normalized spacial score (nSPS) is 10.0. The van der Waals surface area contributed by atoms with Crippen LogP contribution in [0.3, 0.4) is 0 Å². The highest BCUT2D eigenvalue weighted by Gasteiger charge is 2.21. The van der Waals surface area contributed by atoms with Crippen LogP contribution in [0.15, 0.2) is 24.3 Å². The lowest BCUT2D eigenvalue weighted by Crippen LogP contribution is -2.06. The second-order valence-corrected chi connectivity index (χ2v) is 5.06. The first kappa shape index (κ1) is 15.8. The third-order valence-electron chi connectivity index (χ3n) is 3.71. The van der Waals surface area contributed by atoms with E-state index in [2.05, 4.69) is 10.1 Å². The van der Waals surface area contributed by atoms with Crippen molar-refractivity contribution in [2.75, 3.05) is 12.8 Å². The van der Waals surface area contributed by atoms with Crippen molar-refractivity contribution < 1.29 is 4.74 Å². The molecule has 0 fully saturated rings. The van der Waals surface area contributed by atoms with Crippen molar-refractivity contribution in [3.8, 4) is 35.2 Å². The molecule has 0 aliphatic carbocycles. The Balaban J connectivity index is 2.34. The van der Waals surface area contributed by atoms with Gasteiger partial charge in [0, 0.05) is 5.56 Å². The lowest BCUT2D eigenvalue weighted by molar-refractivity contribution is 0.415. The first-order chi connectivity index (χ1) is 12.1. The molecule has 2 N–H and O–H groups in total. The number of fused-ring (bicyclic) bond motifs is 1. The minimum Gasteiger partial charge on any atom is -0.497 e. The second kappa shape index (κ2) is 6.19. The van der Waals surface area contributed by atoms with Gasteiger partial charge in [0.1, 0.15) is 34.8 Å². The van der Waals surface area contributed by atoms with Crippen LogP contribution in [0.25, 0.3) is 16.9 Å². The van der Waals surface area contributed by atoms with Gasteiger partial charge in [-0.05, 0) is 24.3 Å². The van der Waals surface area contributed by atoms with Crippen LogP contribution in [0.1, 0.15) is 16.8 Å². The van der Waals surface area contributed by atoms with Gasteiger partial charge in [-0.2, -0.15) is 25.4 Å². The van der Waals surface area contributed by atoms with E-state index in [1.54, 1.807) is 31.4 Å². The van der Waals surface area contributed by atoms with Gasteiger partial charge in [0.2, 0.25) is 0 Å². The van der Waals surface area contributed by atoms with Crippen LogP contribution >= 0.6 is 0 Å². The number of methoxy groups -OCH3 is 1. The summed E-state index contributed by atoms with van der Waals surface area (Å²) in [5, 5.41) is 32.0. The van der Waals surface area contributed by atoms with Crippen LogP contribution in [-0.4, -0.2) is 21.7 Å². The first-order valence-electron chi connectivity index (χ1n) is 7.17. The molecule has 0 aliphatic heterocycles. The standard InChI is InChI=1S/C17H11N7O/c1-25-11-4-2-10(3-5-11)15-13(9-20)16(21)24-17(22-15)12(8-19)14(23-24)6-7-18/h2-5H,6,21H2,1H3. The average Bonchev–Trinajstić information content (AvgIpc) is 2.99. The Bertz CT molecular complexity index is 1090. The molecule has 0 saturated heterocycles. The van der Waals surface area contributed by atoms with Gasteiger partial charge in [0.05, 0.1) is 31.0 Å². The van der Waals surface area contributed by atoms with Gasteiger partial charge in [-0.15, -0.1) is 0 Å². The van der Waals surface area contributed by atoms with E-state index in [9.17, 15) is 10.5 Å². The number of benzene rings is 1. The average molecular weight is 329 g/mol. The highest BCUT2D eigenvalue weighted by molar-refractivity contribution is 5.77. The zero-order valence-electron chi connectivity index (χ0n) is 13.2. The molecule has 0 radical (unpaired) electrons. The van der Waals surface area contributed by atoms with E-state index >= 15 is 0 Å². The van der Waals surface area contributed by atoms with Gasteiger partial charge >= 0.3 is 0 Å². The highest BCUT2D eigenvalue weighted by Crippen LogP contribution is 2.29. The molecule has 8 nitrogen and oxygen atoms in total. The predicted molar refractivity (Wildman–Crippen MR) is 88.1 cm³/mol. The van der Waals surface area contributed by atoms with Crippen molar-refractivity contribution in [3.05, 3.63) is 41.1 Å².